The monoisotopic (exact) mass is 296 g/mol. The summed E-state index contributed by atoms with van der Waals surface area (Å²) in [5, 5.41) is 0.979. The van der Waals surface area contributed by atoms with Crippen molar-refractivity contribution in [3.63, 3.8) is 0 Å². The number of hydrogen-bond acceptors (Lipinski definition) is 2. The van der Waals surface area contributed by atoms with Gasteiger partial charge in [-0.1, -0.05) is 23.2 Å². The molecule has 0 aliphatic heterocycles. The molecular weight excluding hydrogens is 291 g/mol. The Morgan fingerprint density at radius 1 is 1.43 bits per heavy atom. The van der Waals surface area contributed by atoms with Gasteiger partial charge in [0.05, 0.1) is 18.6 Å². The molecular formula is C9H7BrCl2O2. The first-order valence-corrected chi connectivity index (χ1v) is 5.29. The van der Waals surface area contributed by atoms with Crippen LogP contribution in [-0.4, -0.2) is 13.1 Å². The molecule has 1 aromatic rings. The predicted octanol–water partition coefficient (Wildman–Crippen LogP) is 3.47. The highest BCUT2D eigenvalue weighted by Crippen LogP contribution is 2.29. The summed E-state index contributed by atoms with van der Waals surface area (Å²) < 4.78 is 5.24. The average molecular weight is 298 g/mol. The lowest BCUT2D eigenvalue weighted by Gasteiger charge is -2.05. The molecule has 0 bridgehead atoms. The van der Waals surface area contributed by atoms with E-state index in [1.165, 1.54) is 7.11 Å². The fourth-order valence-corrected chi connectivity index (χ4v) is 1.77. The van der Waals surface area contributed by atoms with Crippen molar-refractivity contribution in [2.75, 3.05) is 7.11 Å². The van der Waals surface area contributed by atoms with Crippen molar-refractivity contribution in [3.05, 3.63) is 32.2 Å². The molecule has 0 radical (unpaired) electrons. The fraction of sp³-hybridized carbons (Fsp3) is 0.222. The van der Waals surface area contributed by atoms with Gasteiger partial charge in [-0.3, -0.25) is 4.79 Å². The number of methoxy groups -OCH3 is 1. The van der Waals surface area contributed by atoms with E-state index in [9.17, 15) is 4.79 Å². The van der Waals surface area contributed by atoms with Crippen molar-refractivity contribution in [2.45, 2.75) is 6.42 Å². The highest BCUT2D eigenvalue weighted by Gasteiger charge is 2.09. The van der Waals surface area contributed by atoms with Crippen LogP contribution in [0.3, 0.4) is 0 Å². The minimum atomic E-state index is -0.332. The molecule has 0 heterocycles. The Morgan fingerprint density at radius 2 is 2.07 bits per heavy atom. The van der Waals surface area contributed by atoms with Crippen LogP contribution in [0.2, 0.25) is 10.0 Å². The Balaban J connectivity index is 2.98. The Hall–Kier alpha value is -0.250. The van der Waals surface area contributed by atoms with E-state index >= 15 is 0 Å². The molecule has 14 heavy (non-hydrogen) atoms. The van der Waals surface area contributed by atoms with Gasteiger partial charge in [-0.15, -0.1) is 0 Å². The Bertz CT molecular complexity index is 366. The van der Waals surface area contributed by atoms with Crippen LogP contribution < -0.4 is 0 Å². The molecule has 0 aromatic heterocycles. The van der Waals surface area contributed by atoms with Crippen molar-refractivity contribution >= 4 is 45.1 Å². The fourth-order valence-electron chi connectivity index (χ4n) is 0.927. The van der Waals surface area contributed by atoms with E-state index in [2.05, 4.69) is 20.7 Å². The average Bonchev–Trinajstić information content (AvgIpc) is 2.14. The third-order valence-corrected chi connectivity index (χ3v) is 3.20. The molecule has 2 nitrogen and oxygen atoms in total. The first kappa shape index (κ1) is 11.8. The topological polar surface area (TPSA) is 26.3 Å². The zero-order chi connectivity index (χ0) is 10.7. The lowest BCUT2D eigenvalue weighted by atomic mass is 10.1. The van der Waals surface area contributed by atoms with Gasteiger partial charge in [0.25, 0.3) is 0 Å². The van der Waals surface area contributed by atoms with Crippen LogP contribution in [0.4, 0.5) is 0 Å². The van der Waals surface area contributed by atoms with Crippen LogP contribution in [0.5, 0.6) is 0 Å². The highest BCUT2D eigenvalue weighted by atomic mass is 79.9. The summed E-state index contributed by atoms with van der Waals surface area (Å²) in [6.45, 7) is 0. The molecule has 1 aromatic carbocycles. The SMILES string of the molecule is COC(=O)Cc1cc(Br)c(Cl)cc1Cl. The van der Waals surface area contributed by atoms with Crippen LogP contribution in [0, 0.1) is 0 Å². The molecule has 0 fully saturated rings. The number of rotatable bonds is 2. The maximum Gasteiger partial charge on any atom is 0.310 e. The molecule has 5 heteroatoms. The van der Waals surface area contributed by atoms with Gasteiger partial charge in [0, 0.05) is 9.50 Å². The maximum atomic E-state index is 11.0. The maximum absolute atomic E-state index is 11.0. The molecule has 0 saturated heterocycles. The van der Waals surface area contributed by atoms with Gasteiger partial charge in [0.15, 0.2) is 0 Å². The molecule has 0 N–H and O–H groups in total. The number of carbonyl (C=O) groups excluding carboxylic acids is 1. The van der Waals surface area contributed by atoms with E-state index < -0.39 is 0 Å². The van der Waals surface area contributed by atoms with Gasteiger partial charge in [-0.05, 0) is 33.6 Å². The van der Waals surface area contributed by atoms with E-state index in [4.69, 9.17) is 23.2 Å². The Morgan fingerprint density at radius 3 is 2.64 bits per heavy atom. The molecule has 0 aliphatic carbocycles. The quantitative estimate of drug-likeness (QED) is 0.617. The number of benzene rings is 1. The second-order valence-corrected chi connectivity index (χ2v) is 4.28. The first-order valence-electron chi connectivity index (χ1n) is 3.75. The van der Waals surface area contributed by atoms with E-state index in [0.717, 1.165) is 0 Å². The lowest BCUT2D eigenvalue weighted by molar-refractivity contribution is -0.139. The van der Waals surface area contributed by atoms with Gasteiger partial charge in [0.2, 0.25) is 0 Å². The number of carbonyl (C=O) groups is 1. The summed E-state index contributed by atoms with van der Waals surface area (Å²) in [4.78, 5) is 11.0. The third kappa shape index (κ3) is 2.87. The van der Waals surface area contributed by atoms with Crippen molar-refractivity contribution < 1.29 is 9.53 Å². The van der Waals surface area contributed by atoms with Crippen molar-refractivity contribution in [2.24, 2.45) is 0 Å². The molecule has 1 rings (SSSR count). The Labute approximate surface area is 100 Å². The second-order valence-electron chi connectivity index (χ2n) is 2.61. The minimum Gasteiger partial charge on any atom is -0.469 e. The van der Waals surface area contributed by atoms with Gasteiger partial charge in [0.1, 0.15) is 0 Å². The standard InChI is InChI=1S/C9H7BrCl2O2/c1-14-9(13)3-5-2-6(10)8(12)4-7(5)11/h2,4H,3H2,1H3. The molecule has 0 unspecified atom stereocenters. The van der Waals surface area contributed by atoms with Crippen LogP contribution in [0.15, 0.2) is 16.6 Å². The van der Waals surface area contributed by atoms with Gasteiger partial charge in [-0.2, -0.15) is 0 Å². The largest absolute Gasteiger partial charge is 0.469 e. The zero-order valence-corrected chi connectivity index (χ0v) is 10.4. The summed E-state index contributed by atoms with van der Waals surface area (Å²) in [6, 6.07) is 3.30. The predicted molar refractivity (Wildman–Crippen MR) is 59.9 cm³/mol. The van der Waals surface area contributed by atoms with E-state index in [0.29, 0.717) is 20.1 Å². The van der Waals surface area contributed by atoms with Crippen molar-refractivity contribution in [1.29, 1.82) is 0 Å². The second kappa shape index (κ2) is 5.01. The van der Waals surface area contributed by atoms with Gasteiger partial charge >= 0.3 is 5.97 Å². The number of esters is 1. The van der Waals surface area contributed by atoms with Crippen molar-refractivity contribution in [1.82, 2.24) is 0 Å². The summed E-state index contributed by atoms with van der Waals surface area (Å²) in [5.41, 5.74) is 0.690. The van der Waals surface area contributed by atoms with Crippen LogP contribution in [0.25, 0.3) is 0 Å². The van der Waals surface area contributed by atoms with Gasteiger partial charge in [-0.25, -0.2) is 0 Å². The molecule has 0 atom stereocenters. The molecule has 0 saturated carbocycles. The van der Waals surface area contributed by atoms with E-state index in [1.807, 2.05) is 0 Å². The van der Waals surface area contributed by atoms with E-state index in [-0.39, 0.29) is 12.4 Å². The van der Waals surface area contributed by atoms with Crippen LogP contribution >= 0.6 is 39.1 Å². The lowest BCUT2D eigenvalue weighted by Crippen LogP contribution is -2.04. The smallest absolute Gasteiger partial charge is 0.310 e. The summed E-state index contributed by atoms with van der Waals surface area (Å²) in [7, 11) is 1.33. The molecule has 0 aliphatic rings. The molecule has 0 spiro atoms. The summed E-state index contributed by atoms with van der Waals surface area (Å²) in [5.74, 6) is -0.332. The van der Waals surface area contributed by atoms with Crippen LogP contribution in [-0.2, 0) is 16.0 Å². The highest BCUT2D eigenvalue weighted by molar-refractivity contribution is 9.10. The molecule has 0 amide bonds. The summed E-state index contributed by atoms with van der Waals surface area (Å²) in [6.07, 6.45) is 0.144. The Kier molecular flexibility index (Phi) is 4.23. The number of halogens is 3. The van der Waals surface area contributed by atoms with Gasteiger partial charge < -0.3 is 4.74 Å². The minimum absolute atomic E-state index is 0.144. The van der Waals surface area contributed by atoms with Crippen LogP contribution in [0.1, 0.15) is 5.56 Å². The normalized spacial score (nSPS) is 10.0. The number of ether oxygens (including phenoxy) is 1. The number of hydrogen-bond donors (Lipinski definition) is 0. The molecule has 76 valence electrons. The van der Waals surface area contributed by atoms with E-state index in [1.54, 1.807) is 12.1 Å². The third-order valence-electron chi connectivity index (χ3n) is 1.65. The zero-order valence-electron chi connectivity index (χ0n) is 7.31. The van der Waals surface area contributed by atoms with Crippen molar-refractivity contribution in [3.8, 4) is 0 Å². The first-order chi connectivity index (χ1) is 6.54. The summed E-state index contributed by atoms with van der Waals surface area (Å²) >= 11 is 14.9.